The number of anilines is 1. The fraction of sp³-hybridized carbons (Fsp3) is 0.400. The van der Waals surface area contributed by atoms with E-state index in [-0.39, 0.29) is 23.6 Å². The van der Waals surface area contributed by atoms with E-state index in [9.17, 15) is 18.0 Å². The number of hydrogen-bond acceptors (Lipinski definition) is 7. The van der Waals surface area contributed by atoms with Gasteiger partial charge in [-0.2, -0.15) is 5.10 Å². The average molecular weight is 469 g/mol. The van der Waals surface area contributed by atoms with Crippen molar-refractivity contribution in [1.29, 1.82) is 0 Å². The minimum absolute atomic E-state index is 0.0498. The number of ether oxygens (including phenoxy) is 1. The molecule has 0 spiro atoms. The van der Waals surface area contributed by atoms with Crippen LogP contribution in [0.5, 0.6) is 5.75 Å². The van der Waals surface area contributed by atoms with Gasteiger partial charge in [-0.05, 0) is 23.6 Å². The maximum absolute atomic E-state index is 13.1. The Kier molecular flexibility index (Phi) is 5.25. The lowest BCUT2D eigenvalue weighted by Gasteiger charge is -2.36. The maximum atomic E-state index is 13.1. The molecule has 2 atom stereocenters. The molecule has 1 aromatic carbocycles. The summed E-state index contributed by atoms with van der Waals surface area (Å²) in [6.45, 7) is 2.02. The first kappa shape index (κ1) is 20.5. The molecule has 1 aromatic heterocycles. The van der Waals surface area contributed by atoms with Crippen LogP contribution >= 0.6 is 23.1 Å². The van der Waals surface area contributed by atoms with E-state index in [4.69, 9.17) is 0 Å². The van der Waals surface area contributed by atoms with Crippen LogP contribution in [0.15, 0.2) is 45.0 Å². The molecule has 164 valence electrons. The number of hydrogen-bond donors (Lipinski definition) is 1. The standard InChI is InChI=1S/C20H19F3N4O2S2/c21-20(22,23)29-13-3-1-2-12(10-13)26-5-7-27(8-6-26)18(28)17-15-11-31-19-14(4-9-30-19)16(15)24-25-17/h1-4,9-10,15-16,24H,5-8,11H2. The van der Waals surface area contributed by atoms with Crippen LogP contribution in [0.4, 0.5) is 18.9 Å². The highest BCUT2D eigenvalue weighted by Gasteiger charge is 2.42. The predicted molar refractivity (Wildman–Crippen MR) is 114 cm³/mol. The molecule has 0 aliphatic carbocycles. The molecule has 1 amide bonds. The maximum Gasteiger partial charge on any atom is 0.573 e. The molecular formula is C20H19F3N4O2S2. The Morgan fingerprint density at radius 1 is 1.19 bits per heavy atom. The number of carbonyl (C=O) groups excluding carboxylic acids is 1. The molecule has 2 aromatic rings. The Morgan fingerprint density at radius 2 is 2.00 bits per heavy atom. The highest BCUT2D eigenvalue weighted by Crippen LogP contribution is 2.45. The molecule has 31 heavy (non-hydrogen) atoms. The second-order valence-electron chi connectivity index (χ2n) is 7.51. The van der Waals surface area contributed by atoms with E-state index in [0.29, 0.717) is 37.6 Å². The third kappa shape index (κ3) is 4.08. The number of thiophene rings is 1. The summed E-state index contributed by atoms with van der Waals surface area (Å²) in [5.74, 6) is 0.562. The Labute approximate surface area is 185 Å². The van der Waals surface area contributed by atoms with Crippen molar-refractivity contribution in [3.63, 3.8) is 0 Å². The van der Waals surface area contributed by atoms with Gasteiger partial charge in [0.25, 0.3) is 5.91 Å². The van der Waals surface area contributed by atoms with Gasteiger partial charge in [-0.25, -0.2) is 0 Å². The number of alkyl halides is 3. The number of nitrogens with zero attached hydrogens (tertiary/aromatic N) is 3. The summed E-state index contributed by atoms with van der Waals surface area (Å²) in [5.41, 5.74) is 5.57. The number of halogens is 3. The van der Waals surface area contributed by atoms with Gasteiger partial charge >= 0.3 is 6.36 Å². The first-order valence-corrected chi connectivity index (χ1v) is 11.7. The van der Waals surface area contributed by atoms with Crippen molar-refractivity contribution < 1.29 is 22.7 Å². The summed E-state index contributed by atoms with van der Waals surface area (Å²) < 4.78 is 42.8. The van der Waals surface area contributed by atoms with Crippen LogP contribution in [0.25, 0.3) is 0 Å². The fourth-order valence-electron chi connectivity index (χ4n) is 4.16. The summed E-state index contributed by atoms with van der Waals surface area (Å²) in [7, 11) is 0. The van der Waals surface area contributed by atoms with E-state index in [2.05, 4.69) is 26.7 Å². The molecule has 0 bridgehead atoms. The number of benzene rings is 1. The van der Waals surface area contributed by atoms with Gasteiger partial charge in [0.2, 0.25) is 0 Å². The predicted octanol–water partition coefficient (Wildman–Crippen LogP) is 3.72. The van der Waals surface area contributed by atoms with Crippen LogP contribution in [-0.4, -0.2) is 54.8 Å². The molecule has 5 rings (SSSR count). The normalized spacial score (nSPS) is 23.0. The Morgan fingerprint density at radius 3 is 2.77 bits per heavy atom. The number of thioether (sulfide) groups is 1. The van der Waals surface area contributed by atoms with Crippen molar-refractivity contribution in [2.45, 2.75) is 16.6 Å². The van der Waals surface area contributed by atoms with Crippen molar-refractivity contribution in [3.8, 4) is 5.75 Å². The van der Waals surface area contributed by atoms with Crippen LogP contribution in [0.3, 0.4) is 0 Å². The lowest BCUT2D eigenvalue weighted by molar-refractivity contribution is -0.274. The number of amides is 1. The summed E-state index contributed by atoms with van der Waals surface area (Å²) in [5, 5.41) is 6.45. The zero-order valence-electron chi connectivity index (χ0n) is 16.3. The van der Waals surface area contributed by atoms with Gasteiger partial charge in [0.15, 0.2) is 0 Å². The van der Waals surface area contributed by atoms with Crippen LogP contribution in [0.2, 0.25) is 0 Å². The molecule has 3 aliphatic rings. The minimum Gasteiger partial charge on any atom is -0.406 e. The monoisotopic (exact) mass is 468 g/mol. The molecule has 0 radical (unpaired) electrons. The molecule has 11 heteroatoms. The van der Waals surface area contributed by atoms with Gasteiger partial charge in [0.1, 0.15) is 11.5 Å². The highest BCUT2D eigenvalue weighted by molar-refractivity contribution is 8.01. The smallest absolute Gasteiger partial charge is 0.406 e. The van der Waals surface area contributed by atoms with Crippen LogP contribution in [0.1, 0.15) is 11.6 Å². The molecule has 0 saturated carbocycles. The van der Waals surface area contributed by atoms with Gasteiger partial charge in [-0.15, -0.1) is 36.3 Å². The Bertz CT molecular complexity index is 1020. The minimum atomic E-state index is -4.72. The molecule has 4 heterocycles. The summed E-state index contributed by atoms with van der Waals surface area (Å²) in [4.78, 5) is 16.9. The van der Waals surface area contributed by atoms with Crippen molar-refractivity contribution in [2.24, 2.45) is 11.0 Å². The average Bonchev–Trinajstić information content (AvgIpc) is 3.39. The number of nitrogens with one attached hydrogen (secondary N) is 1. The van der Waals surface area contributed by atoms with Gasteiger partial charge in [0.05, 0.1) is 10.3 Å². The third-order valence-corrected chi connectivity index (χ3v) is 8.06. The number of piperazine rings is 1. The van der Waals surface area contributed by atoms with Crippen molar-refractivity contribution in [1.82, 2.24) is 10.3 Å². The summed E-state index contributed by atoms with van der Waals surface area (Å²) >= 11 is 3.48. The first-order chi connectivity index (χ1) is 14.9. The number of hydrazone groups is 1. The topological polar surface area (TPSA) is 57.2 Å². The number of carbonyl (C=O) groups is 1. The lowest BCUT2D eigenvalue weighted by Crippen LogP contribution is -2.51. The van der Waals surface area contributed by atoms with E-state index in [1.54, 1.807) is 34.1 Å². The van der Waals surface area contributed by atoms with Crippen molar-refractivity contribution >= 4 is 40.4 Å². The zero-order valence-corrected chi connectivity index (χ0v) is 17.9. The van der Waals surface area contributed by atoms with Crippen LogP contribution in [-0.2, 0) is 4.79 Å². The molecule has 2 unspecified atom stereocenters. The van der Waals surface area contributed by atoms with E-state index >= 15 is 0 Å². The lowest BCUT2D eigenvalue weighted by atomic mass is 9.92. The van der Waals surface area contributed by atoms with Crippen molar-refractivity contribution in [2.75, 3.05) is 36.8 Å². The third-order valence-electron chi connectivity index (χ3n) is 5.67. The summed E-state index contributed by atoms with van der Waals surface area (Å²) in [6, 6.07) is 8.08. The molecule has 6 nitrogen and oxygen atoms in total. The molecule has 1 N–H and O–H groups in total. The highest BCUT2D eigenvalue weighted by atomic mass is 32.2. The van der Waals surface area contributed by atoms with Gasteiger partial charge < -0.3 is 20.0 Å². The van der Waals surface area contributed by atoms with Crippen LogP contribution in [0, 0.1) is 5.92 Å². The van der Waals surface area contributed by atoms with E-state index in [0.717, 1.165) is 5.75 Å². The molecular weight excluding hydrogens is 449 g/mol. The number of rotatable bonds is 3. The zero-order chi connectivity index (χ0) is 21.6. The van der Waals surface area contributed by atoms with E-state index in [1.165, 1.54) is 28.0 Å². The van der Waals surface area contributed by atoms with E-state index < -0.39 is 6.36 Å². The Hall–Kier alpha value is -2.40. The largest absolute Gasteiger partial charge is 0.573 e. The second kappa shape index (κ2) is 7.94. The quantitative estimate of drug-likeness (QED) is 0.744. The van der Waals surface area contributed by atoms with Gasteiger partial charge in [-0.1, -0.05) is 6.07 Å². The second-order valence-corrected chi connectivity index (χ2v) is 9.71. The van der Waals surface area contributed by atoms with Gasteiger partial charge in [0, 0.05) is 55.2 Å². The SMILES string of the molecule is O=C(C1=NNC2c3ccsc3SCC12)N1CCN(c2cccc(OC(F)(F)F)c2)CC1. The first-order valence-electron chi connectivity index (χ1n) is 9.82. The number of fused-ring (bicyclic) bond motifs is 3. The molecule has 1 fully saturated rings. The molecule has 3 aliphatic heterocycles. The van der Waals surface area contributed by atoms with Crippen molar-refractivity contribution in [3.05, 3.63) is 41.3 Å². The summed E-state index contributed by atoms with van der Waals surface area (Å²) in [6.07, 6.45) is -4.72. The molecule has 1 saturated heterocycles. The van der Waals surface area contributed by atoms with Gasteiger partial charge in [-0.3, -0.25) is 4.79 Å². The van der Waals surface area contributed by atoms with Crippen LogP contribution < -0.4 is 15.1 Å². The van der Waals surface area contributed by atoms with E-state index in [1.807, 2.05) is 4.90 Å². The Balaban J connectivity index is 1.22. The fourth-order valence-corrected chi connectivity index (χ4v) is 6.52.